The molecular weight excluding hydrogens is 250 g/mol. The Bertz CT molecular complexity index is 272. The molecule has 0 aromatic carbocycles. The summed E-state index contributed by atoms with van der Waals surface area (Å²) in [6, 6.07) is -0.562. The molecule has 0 bridgehead atoms. The molecule has 2 atom stereocenters. The lowest BCUT2D eigenvalue weighted by molar-refractivity contribution is -0.127. The molecule has 0 spiro atoms. The lowest BCUT2D eigenvalue weighted by Gasteiger charge is -2.15. The minimum Gasteiger partial charge on any atom is -0.354 e. The average Bonchev–Trinajstić information content (AvgIpc) is 2.32. The van der Waals surface area contributed by atoms with E-state index in [9.17, 15) is 9.59 Å². The Hall–Kier alpha value is -0.750. The molecule has 0 aliphatic heterocycles. The molecule has 0 saturated carbocycles. The summed E-state index contributed by atoms with van der Waals surface area (Å²) in [5, 5.41) is 5.32. The van der Waals surface area contributed by atoms with Crippen molar-refractivity contribution >= 4 is 23.6 Å². The third-order valence-electron chi connectivity index (χ3n) is 2.54. The zero-order valence-corrected chi connectivity index (χ0v) is 12.5. The van der Waals surface area contributed by atoms with E-state index in [1.54, 1.807) is 11.8 Å². The van der Waals surface area contributed by atoms with Crippen molar-refractivity contribution in [1.29, 1.82) is 0 Å². The van der Waals surface area contributed by atoms with Gasteiger partial charge in [0.05, 0.1) is 12.6 Å². The van der Waals surface area contributed by atoms with Crippen LogP contribution < -0.4 is 16.4 Å². The topological polar surface area (TPSA) is 84.2 Å². The smallest absolute Gasteiger partial charge is 0.239 e. The second-order valence-electron chi connectivity index (χ2n) is 4.85. The van der Waals surface area contributed by atoms with Crippen molar-refractivity contribution in [1.82, 2.24) is 10.6 Å². The Labute approximate surface area is 114 Å². The summed E-state index contributed by atoms with van der Waals surface area (Å²) in [5.74, 6) is 1.04. The molecule has 0 saturated heterocycles. The number of hydrogen-bond donors (Lipinski definition) is 3. The second kappa shape index (κ2) is 9.22. The Balaban J connectivity index is 3.80. The molecule has 6 heteroatoms. The van der Waals surface area contributed by atoms with Gasteiger partial charge < -0.3 is 16.4 Å². The third kappa shape index (κ3) is 7.55. The van der Waals surface area contributed by atoms with Gasteiger partial charge >= 0.3 is 0 Å². The fourth-order valence-electron chi connectivity index (χ4n) is 1.28. The van der Waals surface area contributed by atoms with Gasteiger partial charge in [-0.2, -0.15) is 11.8 Å². The molecule has 0 fully saturated rings. The van der Waals surface area contributed by atoms with E-state index in [0.717, 1.165) is 5.75 Å². The van der Waals surface area contributed by atoms with Crippen molar-refractivity contribution in [3.05, 3.63) is 0 Å². The third-order valence-corrected chi connectivity index (χ3v) is 3.45. The van der Waals surface area contributed by atoms with E-state index < -0.39 is 6.04 Å². The molecule has 0 radical (unpaired) electrons. The molecule has 1 unspecified atom stereocenters. The molecule has 0 rings (SSSR count). The molecule has 2 amide bonds. The SMILES string of the molecule is CSCC(C)CNC(=O)CNC(=O)[C@@H](N)C(C)C. The average molecular weight is 275 g/mol. The van der Waals surface area contributed by atoms with Crippen molar-refractivity contribution in [2.24, 2.45) is 17.6 Å². The van der Waals surface area contributed by atoms with Gasteiger partial charge in [0.2, 0.25) is 11.8 Å². The van der Waals surface area contributed by atoms with Gasteiger partial charge in [0, 0.05) is 6.54 Å². The summed E-state index contributed by atoms with van der Waals surface area (Å²) < 4.78 is 0. The van der Waals surface area contributed by atoms with Crippen molar-refractivity contribution in [2.45, 2.75) is 26.8 Å². The van der Waals surface area contributed by atoms with E-state index in [4.69, 9.17) is 5.73 Å². The maximum Gasteiger partial charge on any atom is 0.239 e. The van der Waals surface area contributed by atoms with Crippen molar-refractivity contribution in [2.75, 3.05) is 25.1 Å². The highest BCUT2D eigenvalue weighted by Gasteiger charge is 2.17. The first kappa shape index (κ1) is 17.2. The van der Waals surface area contributed by atoms with Crippen LogP contribution >= 0.6 is 11.8 Å². The maximum absolute atomic E-state index is 11.5. The fourth-order valence-corrected chi connectivity index (χ4v) is 1.97. The molecule has 0 aliphatic rings. The molecule has 5 nitrogen and oxygen atoms in total. The van der Waals surface area contributed by atoms with E-state index in [0.29, 0.717) is 12.5 Å². The molecule has 4 N–H and O–H groups in total. The van der Waals surface area contributed by atoms with Crippen LogP contribution in [0.1, 0.15) is 20.8 Å². The van der Waals surface area contributed by atoms with Crippen LogP contribution in [0.4, 0.5) is 0 Å². The Morgan fingerprint density at radius 3 is 2.33 bits per heavy atom. The van der Waals surface area contributed by atoms with Crippen LogP contribution in [0.5, 0.6) is 0 Å². The number of amides is 2. The minimum atomic E-state index is -0.562. The zero-order valence-electron chi connectivity index (χ0n) is 11.7. The highest BCUT2D eigenvalue weighted by Crippen LogP contribution is 2.02. The first-order chi connectivity index (χ1) is 8.38. The summed E-state index contributed by atoms with van der Waals surface area (Å²) in [7, 11) is 0. The Morgan fingerprint density at radius 1 is 1.22 bits per heavy atom. The predicted octanol–water partition coefficient (Wildman–Crippen LogP) is 0.201. The molecule has 0 aromatic rings. The zero-order chi connectivity index (χ0) is 14.1. The molecular formula is C12H25N3O2S. The number of hydrogen-bond acceptors (Lipinski definition) is 4. The lowest BCUT2D eigenvalue weighted by Crippen LogP contribution is -2.47. The first-order valence-electron chi connectivity index (χ1n) is 6.17. The van der Waals surface area contributed by atoms with Gasteiger partial charge in [-0.15, -0.1) is 0 Å². The predicted molar refractivity (Wildman–Crippen MR) is 76.4 cm³/mol. The number of nitrogens with one attached hydrogen (secondary N) is 2. The van der Waals surface area contributed by atoms with Gasteiger partial charge in [-0.25, -0.2) is 0 Å². The molecule has 0 heterocycles. The van der Waals surface area contributed by atoms with E-state index in [1.807, 2.05) is 20.1 Å². The van der Waals surface area contributed by atoms with Crippen LogP contribution in [0.25, 0.3) is 0 Å². The summed E-state index contributed by atoms with van der Waals surface area (Å²) in [4.78, 5) is 23.0. The largest absolute Gasteiger partial charge is 0.354 e. The molecule has 0 aromatic heterocycles. The number of carbonyl (C=O) groups is 2. The summed E-state index contributed by atoms with van der Waals surface area (Å²) >= 11 is 1.75. The highest BCUT2D eigenvalue weighted by molar-refractivity contribution is 7.98. The van der Waals surface area contributed by atoms with Crippen molar-refractivity contribution < 1.29 is 9.59 Å². The molecule has 18 heavy (non-hydrogen) atoms. The van der Waals surface area contributed by atoms with Crippen LogP contribution in [0.2, 0.25) is 0 Å². The number of nitrogens with two attached hydrogens (primary N) is 1. The minimum absolute atomic E-state index is 0.00869. The van der Waals surface area contributed by atoms with E-state index in [-0.39, 0.29) is 24.3 Å². The number of carbonyl (C=O) groups excluding carboxylic acids is 2. The summed E-state index contributed by atoms with van der Waals surface area (Å²) in [6.07, 6.45) is 2.03. The normalized spacial score (nSPS) is 14.1. The summed E-state index contributed by atoms with van der Waals surface area (Å²) in [6.45, 7) is 6.43. The van der Waals surface area contributed by atoms with E-state index >= 15 is 0 Å². The van der Waals surface area contributed by atoms with Crippen LogP contribution in [-0.2, 0) is 9.59 Å². The van der Waals surface area contributed by atoms with Crippen LogP contribution in [0.3, 0.4) is 0 Å². The van der Waals surface area contributed by atoms with Gasteiger partial charge in [-0.3, -0.25) is 9.59 Å². The van der Waals surface area contributed by atoms with Gasteiger partial charge in [0.1, 0.15) is 0 Å². The fraction of sp³-hybridized carbons (Fsp3) is 0.833. The van der Waals surface area contributed by atoms with Gasteiger partial charge in [0.15, 0.2) is 0 Å². The maximum atomic E-state index is 11.5. The van der Waals surface area contributed by atoms with E-state index in [2.05, 4.69) is 17.6 Å². The van der Waals surface area contributed by atoms with Gasteiger partial charge in [0.25, 0.3) is 0 Å². The quantitative estimate of drug-likeness (QED) is 0.591. The number of thioether (sulfide) groups is 1. The Morgan fingerprint density at radius 2 is 1.83 bits per heavy atom. The van der Waals surface area contributed by atoms with Crippen LogP contribution in [0, 0.1) is 11.8 Å². The Kier molecular flexibility index (Phi) is 8.83. The van der Waals surface area contributed by atoms with E-state index in [1.165, 1.54) is 0 Å². The monoisotopic (exact) mass is 275 g/mol. The standard InChI is InChI=1S/C12H25N3O2S/c1-8(2)11(13)12(17)15-6-10(16)14-5-9(3)7-18-4/h8-9,11H,5-7,13H2,1-4H3,(H,14,16)(H,15,17)/t9?,11-/m0/s1. The van der Waals surface area contributed by atoms with Gasteiger partial charge in [-0.05, 0) is 23.8 Å². The van der Waals surface area contributed by atoms with Crippen LogP contribution in [0.15, 0.2) is 0 Å². The molecule has 106 valence electrons. The lowest BCUT2D eigenvalue weighted by atomic mass is 10.1. The first-order valence-corrected chi connectivity index (χ1v) is 7.56. The highest BCUT2D eigenvalue weighted by atomic mass is 32.2. The van der Waals surface area contributed by atoms with Crippen LogP contribution in [-0.4, -0.2) is 43.0 Å². The van der Waals surface area contributed by atoms with Gasteiger partial charge in [-0.1, -0.05) is 20.8 Å². The number of rotatable bonds is 8. The second-order valence-corrected chi connectivity index (χ2v) is 5.76. The summed E-state index contributed by atoms with van der Waals surface area (Å²) in [5.41, 5.74) is 5.66. The molecule has 0 aliphatic carbocycles. The van der Waals surface area contributed by atoms with Crippen molar-refractivity contribution in [3.63, 3.8) is 0 Å². The van der Waals surface area contributed by atoms with Crippen molar-refractivity contribution in [3.8, 4) is 0 Å².